The quantitative estimate of drug-likeness (QED) is 0.600. The van der Waals surface area contributed by atoms with Crippen molar-refractivity contribution in [1.29, 1.82) is 0 Å². The van der Waals surface area contributed by atoms with Crippen LogP contribution in [-0.2, 0) is 14.8 Å². The molecule has 0 aromatic heterocycles. The number of amides is 1. The predicted molar refractivity (Wildman–Crippen MR) is 115 cm³/mol. The van der Waals surface area contributed by atoms with Crippen LogP contribution in [0.5, 0.6) is 0 Å². The van der Waals surface area contributed by atoms with Gasteiger partial charge in [-0.05, 0) is 84.3 Å². The average molecular weight is 486 g/mol. The zero-order chi connectivity index (χ0) is 19.3. The third-order valence-electron chi connectivity index (χ3n) is 4.14. The Labute approximate surface area is 169 Å². The van der Waals surface area contributed by atoms with Crippen LogP contribution < -0.4 is 9.62 Å². The van der Waals surface area contributed by atoms with Crippen LogP contribution in [0.4, 0.5) is 11.4 Å². The summed E-state index contributed by atoms with van der Waals surface area (Å²) < 4.78 is 26.9. The fraction of sp³-hybridized carbons (Fsp3) is 0.316. The molecule has 0 heterocycles. The maximum absolute atomic E-state index is 12.2. The lowest BCUT2D eigenvalue weighted by Crippen LogP contribution is -2.32. The van der Waals surface area contributed by atoms with Gasteiger partial charge in [-0.25, -0.2) is 8.42 Å². The lowest BCUT2D eigenvalue weighted by atomic mass is 10.1. The topological polar surface area (TPSA) is 66.5 Å². The summed E-state index contributed by atoms with van der Waals surface area (Å²) in [5.74, 6) is -0.124. The van der Waals surface area contributed by atoms with Crippen molar-refractivity contribution in [2.75, 3.05) is 22.4 Å². The molecule has 0 saturated heterocycles. The van der Waals surface area contributed by atoms with Gasteiger partial charge in [0.25, 0.3) is 0 Å². The predicted octanol–water partition coefficient (Wildman–Crippen LogP) is 4.09. The van der Waals surface area contributed by atoms with Gasteiger partial charge in [0.2, 0.25) is 15.9 Å². The highest BCUT2D eigenvalue weighted by molar-refractivity contribution is 14.1. The molecule has 26 heavy (non-hydrogen) atoms. The van der Waals surface area contributed by atoms with Gasteiger partial charge in [0.1, 0.15) is 0 Å². The Hall–Kier alpha value is -1.61. The molecule has 5 nitrogen and oxygen atoms in total. The number of nitrogens with zero attached hydrogens (tertiary/aromatic N) is 1. The van der Waals surface area contributed by atoms with Crippen LogP contribution in [0.25, 0.3) is 0 Å². The van der Waals surface area contributed by atoms with Crippen LogP contribution in [0, 0.1) is 17.4 Å². The number of hydrogen-bond donors (Lipinski definition) is 1. The number of nitrogens with one attached hydrogen (secondary N) is 1. The summed E-state index contributed by atoms with van der Waals surface area (Å²) in [6, 6.07) is 13.1. The van der Waals surface area contributed by atoms with Gasteiger partial charge < -0.3 is 5.32 Å². The van der Waals surface area contributed by atoms with Gasteiger partial charge in [-0.1, -0.05) is 12.1 Å². The number of rotatable bonds is 7. The molecule has 1 N–H and O–H groups in total. The van der Waals surface area contributed by atoms with Crippen LogP contribution in [-0.4, -0.2) is 27.1 Å². The summed E-state index contributed by atoms with van der Waals surface area (Å²) in [7, 11) is -3.42. The zero-order valence-electron chi connectivity index (χ0n) is 15.1. The molecule has 0 unspecified atom stereocenters. The molecule has 1 amide bonds. The Morgan fingerprint density at radius 1 is 1.12 bits per heavy atom. The average Bonchev–Trinajstić information content (AvgIpc) is 2.56. The van der Waals surface area contributed by atoms with E-state index in [4.69, 9.17) is 0 Å². The number of benzene rings is 2. The van der Waals surface area contributed by atoms with Gasteiger partial charge in [-0.3, -0.25) is 9.10 Å². The summed E-state index contributed by atoms with van der Waals surface area (Å²) in [6.07, 6.45) is 1.89. The molecular weight excluding hydrogens is 463 g/mol. The SMILES string of the molecule is Cc1cccc(N(CCCC(=O)Nc2ccc(I)cc2)S(C)(=O)=O)c1C. The van der Waals surface area contributed by atoms with Gasteiger partial charge in [-0.2, -0.15) is 0 Å². The molecular formula is C19H23IN2O3S. The molecule has 0 aliphatic heterocycles. The van der Waals surface area contributed by atoms with E-state index in [0.29, 0.717) is 12.1 Å². The van der Waals surface area contributed by atoms with Crippen molar-refractivity contribution in [2.45, 2.75) is 26.7 Å². The highest BCUT2D eigenvalue weighted by Crippen LogP contribution is 2.25. The molecule has 0 aliphatic carbocycles. The Morgan fingerprint density at radius 3 is 2.38 bits per heavy atom. The maximum atomic E-state index is 12.2. The molecule has 7 heteroatoms. The van der Waals surface area contributed by atoms with E-state index in [1.807, 2.05) is 50.2 Å². The van der Waals surface area contributed by atoms with E-state index in [9.17, 15) is 13.2 Å². The number of anilines is 2. The molecule has 2 rings (SSSR count). The third kappa shape index (κ3) is 5.70. The maximum Gasteiger partial charge on any atom is 0.232 e. The lowest BCUT2D eigenvalue weighted by molar-refractivity contribution is -0.116. The molecule has 0 radical (unpaired) electrons. The highest BCUT2D eigenvalue weighted by atomic mass is 127. The van der Waals surface area contributed by atoms with Gasteiger partial charge in [-0.15, -0.1) is 0 Å². The van der Waals surface area contributed by atoms with E-state index in [0.717, 1.165) is 20.4 Å². The summed E-state index contributed by atoms with van der Waals surface area (Å²) in [4.78, 5) is 12.1. The van der Waals surface area contributed by atoms with Crippen molar-refractivity contribution >= 4 is 49.9 Å². The Kier molecular flexibility index (Phi) is 7.05. The van der Waals surface area contributed by atoms with E-state index >= 15 is 0 Å². The summed E-state index contributed by atoms with van der Waals surface area (Å²) in [5, 5.41) is 2.83. The highest BCUT2D eigenvalue weighted by Gasteiger charge is 2.19. The summed E-state index contributed by atoms with van der Waals surface area (Å²) in [6.45, 7) is 4.13. The van der Waals surface area contributed by atoms with E-state index in [2.05, 4.69) is 27.9 Å². The first-order valence-electron chi connectivity index (χ1n) is 8.28. The Balaban J connectivity index is 2.01. The molecule has 140 valence electrons. The van der Waals surface area contributed by atoms with Gasteiger partial charge in [0.15, 0.2) is 0 Å². The third-order valence-corrected chi connectivity index (χ3v) is 6.04. The second-order valence-electron chi connectivity index (χ2n) is 6.21. The standard InChI is InChI=1S/C19H23IN2O3S/c1-14-6-4-7-18(15(14)2)22(26(3,24)25)13-5-8-19(23)21-17-11-9-16(20)10-12-17/h4,6-7,9-12H,5,8,13H2,1-3H3,(H,21,23). The normalized spacial score (nSPS) is 11.2. The van der Waals surface area contributed by atoms with Gasteiger partial charge in [0.05, 0.1) is 11.9 Å². The molecule has 0 bridgehead atoms. The van der Waals surface area contributed by atoms with Gasteiger partial charge in [0, 0.05) is 22.2 Å². The molecule has 0 fully saturated rings. The first kappa shape index (κ1) is 20.7. The largest absolute Gasteiger partial charge is 0.326 e. The number of carbonyl (C=O) groups excluding carboxylic acids is 1. The van der Waals surface area contributed by atoms with E-state index in [1.54, 1.807) is 6.07 Å². The first-order chi connectivity index (χ1) is 12.2. The van der Waals surface area contributed by atoms with E-state index in [-0.39, 0.29) is 18.9 Å². The number of carbonyl (C=O) groups is 1. The van der Waals surface area contributed by atoms with Crippen LogP contribution in [0.1, 0.15) is 24.0 Å². The number of aryl methyl sites for hydroxylation is 1. The van der Waals surface area contributed by atoms with Gasteiger partial charge >= 0.3 is 0 Å². The van der Waals surface area contributed by atoms with Crippen LogP contribution in [0.15, 0.2) is 42.5 Å². The minimum absolute atomic E-state index is 0.124. The number of hydrogen-bond acceptors (Lipinski definition) is 3. The minimum Gasteiger partial charge on any atom is -0.326 e. The second-order valence-corrected chi connectivity index (χ2v) is 9.37. The molecule has 0 aliphatic rings. The first-order valence-corrected chi connectivity index (χ1v) is 11.2. The second kappa shape index (κ2) is 8.85. The Morgan fingerprint density at radius 2 is 1.77 bits per heavy atom. The Bertz CT molecular complexity index is 880. The van der Waals surface area contributed by atoms with Crippen LogP contribution >= 0.6 is 22.6 Å². The minimum atomic E-state index is -3.42. The molecule has 0 atom stereocenters. The van der Waals surface area contributed by atoms with E-state index in [1.165, 1.54) is 10.6 Å². The fourth-order valence-corrected chi connectivity index (χ4v) is 3.99. The lowest BCUT2D eigenvalue weighted by Gasteiger charge is -2.24. The van der Waals surface area contributed by atoms with E-state index < -0.39 is 10.0 Å². The van der Waals surface area contributed by atoms with Crippen molar-refractivity contribution < 1.29 is 13.2 Å². The van der Waals surface area contributed by atoms with Crippen molar-refractivity contribution in [2.24, 2.45) is 0 Å². The smallest absolute Gasteiger partial charge is 0.232 e. The van der Waals surface area contributed by atoms with Crippen molar-refractivity contribution in [1.82, 2.24) is 0 Å². The number of halogens is 1. The molecule has 0 saturated carbocycles. The molecule has 0 spiro atoms. The van der Waals surface area contributed by atoms with Crippen molar-refractivity contribution in [3.8, 4) is 0 Å². The van der Waals surface area contributed by atoms with Crippen LogP contribution in [0.2, 0.25) is 0 Å². The van der Waals surface area contributed by atoms with Crippen molar-refractivity contribution in [3.05, 3.63) is 57.2 Å². The number of sulfonamides is 1. The molecule has 2 aromatic rings. The van der Waals surface area contributed by atoms with Crippen molar-refractivity contribution in [3.63, 3.8) is 0 Å². The summed E-state index contributed by atoms with van der Waals surface area (Å²) in [5.41, 5.74) is 3.38. The summed E-state index contributed by atoms with van der Waals surface area (Å²) >= 11 is 2.20. The zero-order valence-corrected chi connectivity index (χ0v) is 18.1. The molecule has 2 aromatic carbocycles. The van der Waals surface area contributed by atoms with Crippen LogP contribution in [0.3, 0.4) is 0 Å². The monoisotopic (exact) mass is 486 g/mol. The fourth-order valence-electron chi connectivity index (χ4n) is 2.61.